The van der Waals surface area contributed by atoms with Crippen LogP contribution in [0.15, 0.2) is 0 Å². The number of nitrogens with zero attached hydrogens (tertiary/aromatic N) is 1. The van der Waals surface area contributed by atoms with Crippen LogP contribution in [0, 0.1) is 5.21 Å². The second-order valence-electron chi connectivity index (χ2n) is 1.27. The van der Waals surface area contributed by atoms with E-state index in [0.717, 1.165) is 5.71 Å². The van der Waals surface area contributed by atoms with Gasteiger partial charge in [0.2, 0.25) is 5.71 Å². The Balaban J connectivity index is 2.66. The van der Waals surface area contributed by atoms with Gasteiger partial charge in [-0.3, -0.25) is 5.21 Å². The van der Waals surface area contributed by atoms with E-state index in [4.69, 9.17) is 0 Å². The molecule has 6 heavy (non-hydrogen) atoms. The predicted molar refractivity (Wildman–Crippen MR) is 20.3 cm³/mol. The second-order valence-corrected chi connectivity index (χ2v) is 1.27. The lowest BCUT2D eigenvalue weighted by Gasteiger charge is -2.12. The fourth-order valence-electron chi connectivity index (χ4n) is 0.246. The third kappa shape index (κ3) is 0.246. The quantitative estimate of drug-likeness (QED) is 0.387. The van der Waals surface area contributed by atoms with Crippen LogP contribution in [0.1, 0.15) is 6.92 Å². The van der Waals surface area contributed by atoms with Crippen LogP contribution in [0.3, 0.4) is 0 Å². The van der Waals surface area contributed by atoms with Gasteiger partial charge in [0.1, 0.15) is 6.61 Å². The van der Waals surface area contributed by atoms with Crippen molar-refractivity contribution in [2.24, 2.45) is 0 Å². The minimum absolute atomic E-state index is 0.503. The molecule has 34 valence electrons. The number of hydrogen-bond acceptors (Lipinski definition) is 2. The van der Waals surface area contributed by atoms with Crippen LogP contribution >= 0.6 is 0 Å². The van der Waals surface area contributed by atoms with Crippen molar-refractivity contribution < 1.29 is 9.74 Å². The molecule has 0 atom stereocenters. The SMILES string of the molecule is CC1=[N+]([O-])OC1. The Morgan fingerprint density at radius 1 is 2.00 bits per heavy atom. The molecule has 1 aliphatic rings. The van der Waals surface area contributed by atoms with Crippen LogP contribution in [-0.4, -0.2) is 17.2 Å². The molecule has 3 heteroatoms. The van der Waals surface area contributed by atoms with Gasteiger partial charge in [0.25, 0.3) is 0 Å². The number of rotatable bonds is 0. The molecule has 3 nitrogen and oxygen atoms in total. The van der Waals surface area contributed by atoms with E-state index in [1.807, 2.05) is 0 Å². The molecule has 0 N–H and O–H groups in total. The minimum Gasteiger partial charge on any atom is -0.392 e. The highest BCUT2D eigenvalue weighted by molar-refractivity contribution is 5.79. The Hall–Kier alpha value is -0.730. The Bertz CT molecular complexity index is 85.0. The zero-order valence-corrected chi connectivity index (χ0v) is 3.47. The fourth-order valence-corrected chi connectivity index (χ4v) is 0.246. The molecule has 0 saturated carbocycles. The Labute approximate surface area is 35.4 Å². The smallest absolute Gasteiger partial charge is 0.234 e. The van der Waals surface area contributed by atoms with Gasteiger partial charge in [0, 0.05) is 11.8 Å². The van der Waals surface area contributed by atoms with Crippen molar-refractivity contribution in [1.82, 2.24) is 0 Å². The van der Waals surface area contributed by atoms with Gasteiger partial charge in [-0.1, -0.05) is 0 Å². The summed E-state index contributed by atoms with van der Waals surface area (Å²) in [5, 5.41) is 9.89. The van der Waals surface area contributed by atoms with Crippen LogP contribution in [-0.2, 0) is 4.84 Å². The molecule has 0 spiro atoms. The first-order valence-corrected chi connectivity index (χ1v) is 1.73. The van der Waals surface area contributed by atoms with E-state index in [0.29, 0.717) is 11.5 Å². The zero-order valence-electron chi connectivity index (χ0n) is 3.47. The van der Waals surface area contributed by atoms with Crippen molar-refractivity contribution in [2.45, 2.75) is 6.92 Å². The first kappa shape index (κ1) is 3.46. The van der Waals surface area contributed by atoms with Crippen LogP contribution in [0.4, 0.5) is 0 Å². The Kier molecular flexibility index (Phi) is 0.498. The van der Waals surface area contributed by atoms with Gasteiger partial charge in [-0.2, -0.15) is 0 Å². The van der Waals surface area contributed by atoms with Gasteiger partial charge in [0.05, 0.1) is 0 Å². The van der Waals surface area contributed by atoms with E-state index in [1.165, 1.54) is 0 Å². The molecule has 0 aromatic rings. The average molecular weight is 87.1 g/mol. The molecule has 0 aromatic carbocycles. The van der Waals surface area contributed by atoms with Crippen molar-refractivity contribution >= 4 is 5.71 Å². The van der Waals surface area contributed by atoms with Gasteiger partial charge in [-0.15, -0.1) is 0 Å². The first-order valence-electron chi connectivity index (χ1n) is 1.73. The average Bonchev–Trinajstić information content (AvgIpc) is 1.61. The van der Waals surface area contributed by atoms with Gasteiger partial charge >= 0.3 is 0 Å². The van der Waals surface area contributed by atoms with E-state index in [2.05, 4.69) is 4.84 Å². The van der Waals surface area contributed by atoms with Gasteiger partial charge in [0.15, 0.2) is 0 Å². The minimum atomic E-state index is 0.503. The number of hydrogen-bond donors (Lipinski definition) is 0. The maximum Gasteiger partial charge on any atom is 0.234 e. The lowest BCUT2D eigenvalue weighted by atomic mass is 10.4. The van der Waals surface area contributed by atoms with Crippen molar-refractivity contribution in [3.05, 3.63) is 5.21 Å². The predicted octanol–water partition coefficient (Wildman–Crippen LogP) is -0.0972. The molecule has 1 aliphatic heterocycles. The van der Waals surface area contributed by atoms with Gasteiger partial charge in [-0.05, 0) is 0 Å². The largest absolute Gasteiger partial charge is 0.392 e. The fraction of sp³-hybridized carbons (Fsp3) is 0.667. The normalized spacial score (nSPS) is 19.5. The molecule has 0 bridgehead atoms. The van der Waals surface area contributed by atoms with Crippen molar-refractivity contribution in [1.29, 1.82) is 0 Å². The molecule has 0 amide bonds. The zero-order chi connectivity index (χ0) is 4.57. The highest BCUT2D eigenvalue weighted by Gasteiger charge is 2.13. The highest BCUT2D eigenvalue weighted by Crippen LogP contribution is 1.91. The van der Waals surface area contributed by atoms with E-state index >= 15 is 0 Å². The highest BCUT2D eigenvalue weighted by atomic mass is 16.9. The maximum atomic E-state index is 9.89. The van der Waals surface area contributed by atoms with Crippen molar-refractivity contribution in [3.63, 3.8) is 0 Å². The summed E-state index contributed by atoms with van der Waals surface area (Å²) in [5.74, 6) is 0. The molecule has 0 saturated heterocycles. The van der Waals surface area contributed by atoms with Crippen LogP contribution in [0.5, 0.6) is 0 Å². The van der Waals surface area contributed by atoms with E-state index in [1.54, 1.807) is 6.92 Å². The molecule has 0 radical (unpaired) electrons. The summed E-state index contributed by atoms with van der Waals surface area (Å²) >= 11 is 0. The molecular formula is C3H5NO2. The molecule has 0 unspecified atom stereocenters. The second kappa shape index (κ2) is 0.864. The maximum absolute atomic E-state index is 9.89. The molecule has 0 aliphatic carbocycles. The summed E-state index contributed by atoms with van der Waals surface area (Å²) < 4.78 is 0. The van der Waals surface area contributed by atoms with Crippen LogP contribution in [0.25, 0.3) is 0 Å². The summed E-state index contributed by atoms with van der Waals surface area (Å²) in [7, 11) is 0. The van der Waals surface area contributed by atoms with Gasteiger partial charge < -0.3 is 4.84 Å². The molecule has 1 rings (SSSR count). The first-order chi connectivity index (χ1) is 2.80. The van der Waals surface area contributed by atoms with E-state index in [-0.39, 0.29) is 0 Å². The Morgan fingerprint density at radius 3 is 2.50 bits per heavy atom. The van der Waals surface area contributed by atoms with Crippen molar-refractivity contribution in [3.8, 4) is 0 Å². The topological polar surface area (TPSA) is 35.3 Å². The summed E-state index contributed by atoms with van der Waals surface area (Å²) in [5.41, 5.74) is 0.745. The van der Waals surface area contributed by atoms with Crippen LogP contribution in [0.2, 0.25) is 0 Å². The summed E-state index contributed by atoms with van der Waals surface area (Å²) in [6.07, 6.45) is 0. The summed E-state index contributed by atoms with van der Waals surface area (Å²) in [4.78, 5) is 4.80. The standard InChI is InChI=1S/C3H5NO2/c1-3-2-6-4(3)5/h2H2,1H3. The van der Waals surface area contributed by atoms with Crippen LogP contribution < -0.4 is 0 Å². The van der Waals surface area contributed by atoms with Gasteiger partial charge in [-0.25, -0.2) is 0 Å². The molecule has 0 fully saturated rings. The molecule has 0 aromatic heterocycles. The summed E-state index contributed by atoms with van der Waals surface area (Å²) in [6, 6.07) is 0. The molecular weight excluding hydrogens is 82.0 g/mol. The van der Waals surface area contributed by atoms with E-state index < -0.39 is 0 Å². The summed E-state index contributed by atoms with van der Waals surface area (Å²) in [6.45, 7) is 2.24. The lowest BCUT2D eigenvalue weighted by molar-refractivity contribution is -0.770. The van der Waals surface area contributed by atoms with E-state index in [9.17, 15) is 5.21 Å². The third-order valence-corrected chi connectivity index (χ3v) is 0.702. The van der Waals surface area contributed by atoms with Crippen molar-refractivity contribution in [2.75, 3.05) is 6.61 Å². The third-order valence-electron chi connectivity index (χ3n) is 0.702. The Morgan fingerprint density at radius 2 is 2.50 bits per heavy atom. The lowest BCUT2D eigenvalue weighted by Crippen LogP contribution is -2.30. The monoisotopic (exact) mass is 87.0 g/mol. The molecule has 1 heterocycles.